The molecule has 1 N–H and O–H groups in total. The molecule has 0 unspecified atom stereocenters. The van der Waals surface area contributed by atoms with Crippen LogP contribution in [0.15, 0.2) is 18.2 Å². The zero-order valence-corrected chi connectivity index (χ0v) is 20.7. The number of carbonyl (C=O) groups excluding carboxylic acids is 3. The van der Waals surface area contributed by atoms with Gasteiger partial charge in [-0.05, 0) is 51.3 Å². The topological polar surface area (TPSA) is 73.0 Å². The highest BCUT2D eigenvalue weighted by Crippen LogP contribution is 2.29. The van der Waals surface area contributed by atoms with Crippen molar-refractivity contribution in [1.29, 1.82) is 0 Å². The second-order valence-electron chi connectivity index (χ2n) is 9.50. The molecule has 3 amide bonds. The first-order chi connectivity index (χ1) is 15.8. The molecule has 1 saturated carbocycles. The van der Waals surface area contributed by atoms with E-state index < -0.39 is 0 Å². The van der Waals surface area contributed by atoms with E-state index in [2.05, 4.69) is 10.2 Å². The number of hydrogen-bond acceptors (Lipinski definition) is 4. The minimum atomic E-state index is -0.138. The third-order valence-corrected chi connectivity index (χ3v) is 6.92. The summed E-state index contributed by atoms with van der Waals surface area (Å²) in [6, 6.07) is 5.63. The fourth-order valence-corrected chi connectivity index (χ4v) is 4.84. The van der Waals surface area contributed by atoms with Crippen LogP contribution in [0.1, 0.15) is 70.2 Å². The predicted octanol–water partition coefficient (Wildman–Crippen LogP) is 3.99. The zero-order chi connectivity index (χ0) is 24.0. The normalized spacial score (nSPS) is 17.2. The van der Waals surface area contributed by atoms with Gasteiger partial charge in [0.1, 0.15) is 0 Å². The van der Waals surface area contributed by atoms with Crippen LogP contribution in [0.25, 0.3) is 0 Å². The third-order valence-electron chi connectivity index (χ3n) is 6.92. The molecule has 1 heterocycles. The van der Waals surface area contributed by atoms with Crippen molar-refractivity contribution in [3.8, 4) is 0 Å². The van der Waals surface area contributed by atoms with E-state index in [1.165, 1.54) is 0 Å². The lowest BCUT2D eigenvalue weighted by Crippen LogP contribution is -2.38. The maximum atomic E-state index is 13.4. The third kappa shape index (κ3) is 6.06. The Morgan fingerprint density at radius 1 is 1.00 bits per heavy atom. The van der Waals surface area contributed by atoms with E-state index in [9.17, 15) is 14.4 Å². The van der Waals surface area contributed by atoms with Crippen molar-refractivity contribution in [1.82, 2.24) is 9.80 Å². The summed E-state index contributed by atoms with van der Waals surface area (Å²) in [5.41, 5.74) is 2.13. The Morgan fingerprint density at radius 3 is 2.33 bits per heavy atom. The molecule has 2 fully saturated rings. The lowest BCUT2D eigenvalue weighted by molar-refractivity contribution is -0.135. The second-order valence-corrected chi connectivity index (χ2v) is 9.50. The summed E-state index contributed by atoms with van der Waals surface area (Å²) in [7, 11) is 0. The standard InChI is InChI=1S/C26H40N4O3/c1-5-28(6-2)26(33)22-18-21(27-24(31)19(3)4)12-13-23(22)29-14-9-15-30(17-16-29)25(32)20-10-7-8-11-20/h12-13,18-20H,5-11,14-17H2,1-4H3,(H,27,31). The van der Waals surface area contributed by atoms with Gasteiger partial charge < -0.3 is 20.0 Å². The van der Waals surface area contributed by atoms with E-state index in [1.807, 2.05) is 50.8 Å². The van der Waals surface area contributed by atoms with Gasteiger partial charge in [0.25, 0.3) is 5.91 Å². The number of nitrogens with one attached hydrogen (secondary N) is 1. The summed E-state index contributed by atoms with van der Waals surface area (Å²) in [5, 5.41) is 2.93. The largest absolute Gasteiger partial charge is 0.369 e. The summed E-state index contributed by atoms with van der Waals surface area (Å²) in [6.07, 6.45) is 5.24. The summed E-state index contributed by atoms with van der Waals surface area (Å²) >= 11 is 0. The molecular weight excluding hydrogens is 416 g/mol. The lowest BCUT2D eigenvalue weighted by Gasteiger charge is -2.28. The summed E-state index contributed by atoms with van der Waals surface area (Å²) < 4.78 is 0. The molecule has 1 aromatic carbocycles. The van der Waals surface area contributed by atoms with Crippen LogP contribution in [-0.2, 0) is 9.59 Å². The molecule has 0 atom stereocenters. The van der Waals surface area contributed by atoms with Crippen molar-refractivity contribution in [3.05, 3.63) is 23.8 Å². The van der Waals surface area contributed by atoms with Crippen LogP contribution in [0.2, 0.25) is 0 Å². The van der Waals surface area contributed by atoms with E-state index in [-0.39, 0.29) is 23.7 Å². The molecule has 33 heavy (non-hydrogen) atoms. The van der Waals surface area contributed by atoms with E-state index in [1.54, 1.807) is 4.90 Å². The number of rotatable bonds is 7. The van der Waals surface area contributed by atoms with Gasteiger partial charge in [-0.25, -0.2) is 0 Å². The molecule has 3 rings (SSSR count). The van der Waals surface area contributed by atoms with Crippen LogP contribution in [0.5, 0.6) is 0 Å². The molecule has 0 aromatic heterocycles. The first kappa shape index (κ1) is 25.1. The van der Waals surface area contributed by atoms with Crippen molar-refractivity contribution in [2.24, 2.45) is 11.8 Å². The van der Waals surface area contributed by atoms with Gasteiger partial charge >= 0.3 is 0 Å². The molecule has 0 spiro atoms. The van der Waals surface area contributed by atoms with Crippen LogP contribution in [0.3, 0.4) is 0 Å². The summed E-state index contributed by atoms with van der Waals surface area (Å²) in [5.74, 6) is 0.264. The number of carbonyl (C=O) groups is 3. The molecule has 7 heteroatoms. The molecule has 0 bridgehead atoms. The van der Waals surface area contributed by atoms with Crippen molar-refractivity contribution >= 4 is 29.1 Å². The van der Waals surface area contributed by atoms with Crippen LogP contribution in [0.4, 0.5) is 11.4 Å². The monoisotopic (exact) mass is 456 g/mol. The first-order valence-electron chi connectivity index (χ1n) is 12.6. The average Bonchev–Trinajstić information content (AvgIpc) is 3.24. The number of nitrogens with zero attached hydrogens (tertiary/aromatic N) is 3. The molecule has 7 nitrogen and oxygen atoms in total. The quantitative estimate of drug-likeness (QED) is 0.673. The summed E-state index contributed by atoms with van der Waals surface area (Å²) in [4.78, 5) is 44.6. The maximum Gasteiger partial charge on any atom is 0.256 e. The number of amides is 3. The van der Waals surface area contributed by atoms with Crippen LogP contribution in [-0.4, -0.2) is 66.8 Å². The Labute approximate surface area is 198 Å². The Balaban J connectivity index is 1.83. The Hall–Kier alpha value is -2.57. The molecule has 0 radical (unpaired) electrons. The van der Waals surface area contributed by atoms with Gasteiger partial charge in [-0.2, -0.15) is 0 Å². The molecule has 1 aromatic rings. The minimum absolute atomic E-state index is 0.0289. The van der Waals surface area contributed by atoms with Crippen molar-refractivity contribution < 1.29 is 14.4 Å². The van der Waals surface area contributed by atoms with Gasteiger partial charge in [0.15, 0.2) is 0 Å². The van der Waals surface area contributed by atoms with Gasteiger partial charge in [-0.15, -0.1) is 0 Å². The van der Waals surface area contributed by atoms with Crippen LogP contribution < -0.4 is 10.2 Å². The highest BCUT2D eigenvalue weighted by Gasteiger charge is 2.29. The predicted molar refractivity (Wildman–Crippen MR) is 133 cm³/mol. The van der Waals surface area contributed by atoms with E-state index in [0.29, 0.717) is 43.3 Å². The van der Waals surface area contributed by atoms with Gasteiger partial charge in [-0.3, -0.25) is 14.4 Å². The highest BCUT2D eigenvalue weighted by molar-refractivity contribution is 6.02. The van der Waals surface area contributed by atoms with Crippen molar-refractivity contribution in [3.63, 3.8) is 0 Å². The Kier molecular flexibility index (Phi) is 8.75. The van der Waals surface area contributed by atoms with Crippen LogP contribution in [0, 0.1) is 11.8 Å². The van der Waals surface area contributed by atoms with Gasteiger partial charge in [-0.1, -0.05) is 26.7 Å². The molecule has 182 valence electrons. The lowest BCUT2D eigenvalue weighted by atomic mass is 10.1. The number of anilines is 2. The fraction of sp³-hybridized carbons (Fsp3) is 0.654. The summed E-state index contributed by atoms with van der Waals surface area (Å²) in [6.45, 7) is 11.9. The van der Waals surface area contributed by atoms with Gasteiger partial charge in [0.05, 0.1) is 5.56 Å². The second kappa shape index (κ2) is 11.5. The SMILES string of the molecule is CCN(CC)C(=O)c1cc(NC(=O)C(C)C)ccc1N1CCCN(C(=O)C2CCCC2)CC1. The fourth-order valence-electron chi connectivity index (χ4n) is 4.84. The Bertz CT molecular complexity index is 844. The number of hydrogen-bond donors (Lipinski definition) is 1. The molecule has 1 aliphatic carbocycles. The zero-order valence-electron chi connectivity index (χ0n) is 20.7. The Morgan fingerprint density at radius 2 is 1.70 bits per heavy atom. The molecule has 1 saturated heterocycles. The van der Waals surface area contributed by atoms with E-state index in [0.717, 1.165) is 50.9 Å². The average molecular weight is 457 g/mol. The van der Waals surface area contributed by atoms with Crippen molar-refractivity contribution in [2.75, 3.05) is 49.5 Å². The van der Waals surface area contributed by atoms with Gasteiger partial charge in [0.2, 0.25) is 11.8 Å². The van der Waals surface area contributed by atoms with Crippen LogP contribution >= 0.6 is 0 Å². The van der Waals surface area contributed by atoms with E-state index in [4.69, 9.17) is 0 Å². The first-order valence-corrected chi connectivity index (χ1v) is 12.6. The smallest absolute Gasteiger partial charge is 0.256 e. The highest BCUT2D eigenvalue weighted by atomic mass is 16.2. The van der Waals surface area contributed by atoms with E-state index >= 15 is 0 Å². The van der Waals surface area contributed by atoms with Crippen molar-refractivity contribution in [2.45, 2.75) is 59.8 Å². The molecule has 2 aliphatic rings. The van der Waals surface area contributed by atoms with Gasteiger partial charge in [0, 0.05) is 62.5 Å². The molecule has 1 aliphatic heterocycles. The minimum Gasteiger partial charge on any atom is -0.369 e. The molecular formula is C26H40N4O3. The number of benzene rings is 1. The maximum absolute atomic E-state index is 13.4.